The van der Waals surface area contributed by atoms with Crippen LogP contribution in [0, 0.1) is 5.82 Å². The summed E-state index contributed by atoms with van der Waals surface area (Å²) in [5.74, 6) is -0.462. The molecule has 0 atom stereocenters. The Morgan fingerprint density at radius 3 is 2.38 bits per heavy atom. The maximum Gasteiger partial charge on any atom is 0.124 e. The average molecular weight is 262 g/mol. The Hall–Kier alpha value is -1.39. The molecule has 1 aromatic carbocycles. The van der Waals surface area contributed by atoms with Gasteiger partial charge in [0.15, 0.2) is 0 Å². The van der Waals surface area contributed by atoms with E-state index in [0.29, 0.717) is 5.56 Å². The van der Waals surface area contributed by atoms with Crippen LogP contribution < -0.4 is 17.2 Å². The number of halogens is 3. The maximum atomic E-state index is 12.9. The molecule has 0 heterocycles. The predicted molar refractivity (Wildman–Crippen MR) is 64.8 cm³/mol. The minimum absolute atomic E-state index is 0.0623. The normalized spacial score (nSPS) is 13.6. The zero-order valence-corrected chi connectivity index (χ0v) is 9.69. The van der Waals surface area contributed by atoms with E-state index in [-0.39, 0.29) is 21.4 Å². The van der Waals surface area contributed by atoms with Gasteiger partial charge in [-0.25, -0.2) is 4.39 Å². The Bertz CT molecular complexity index is 465. The summed E-state index contributed by atoms with van der Waals surface area (Å²) in [6.07, 6.45) is 1.14. The van der Waals surface area contributed by atoms with Gasteiger partial charge in [-0.1, -0.05) is 23.2 Å². The molecule has 0 unspecified atom stereocenters. The topological polar surface area (TPSA) is 78.1 Å². The smallest absolute Gasteiger partial charge is 0.124 e. The van der Waals surface area contributed by atoms with Crippen molar-refractivity contribution in [3.63, 3.8) is 0 Å². The third-order valence-electron chi connectivity index (χ3n) is 1.91. The van der Waals surface area contributed by atoms with E-state index in [0.717, 1.165) is 12.3 Å². The van der Waals surface area contributed by atoms with Crippen LogP contribution in [0.15, 0.2) is 35.3 Å². The minimum Gasteiger partial charge on any atom is -0.403 e. The van der Waals surface area contributed by atoms with Gasteiger partial charge in [0.1, 0.15) is 11.0 Å². The Kier molecular flexibility index (Phi) is 4.04. The molecular weight excluding hydrogens is 252 g/mol. The first-order valence-electron chi connectivity index (χ1n) is 4.25. The summed E-state index contributed by atoms with van der Waals surface area (Å²) >= 11 is 11.5. The van der Waals surface area contributed by atoms with E-state index in [2.05, 4.69) is 0 Å². The van der Waals surface area contributed by atoms with Gasteiger partial charge in [-0.2, -0.15) is 0 Å². The van der Waals surface area contributed by atoms with Crippen molar-refractivity contribution in [3.05, 3.63) is 51.7 Å². The van der Waals surface area contributed by atoms with E-state index in [4.69, 9.17) is 40.4 Å². The molecule has 0 saturated carbocycles. The van der Waals surface area contributed by atoms with Crippen LogP contribution in [0.5, 0.6) is 0 Å². The number of hydrogen-bond donors (Lipinski definition) is 3. The molecule has 0 aliphatic rings. The molecule has 16 heavy (non-hydrogen) atoms. The third kappa shape index (κ3) is 2.59. The first-order valence-corrected chi connectivity index (χ1v) is 5.01. The molecular formula is C10H10Cl2FN3. The van der Waals surface area contributed by atoms with Crippen LogP contribution in [-0.4, -0.2) is 0 Å². The Morgan fingerprint density at radius 1 is 1.31 bits per heavy atom. The Balaban J connectivity index is 3.41. The van der Waals surface area contributed by atoms with Crippen molar-refractivity contribution in [2.24, 2.45) is 17.2 Å². The van der Waals surface area contributed by atoms with Crippen LogP contribution >= 0.6 is 23.2 Å². The molecule has 6 N–H and O–H groups in total. The number of hydrogen-bond acceptors (Lipinski definition) is 3. The molecule has 0 fully saturated rings. The van der Waals surface area contributed by atoms with E-state index in [9.17, 15) is 4.39 Å². The van der Waals surface area contributed by atoms with Gasteiger partial charge in [-0.05, 0) is 18.2 Å². The summed E-state index contributed by atoms with van der Waals surface area (Å²) in [5, 5.41) is 0.0936. The monoisotopic (exact) mass is 261 g/mol. The largest absolute Gasteiger partial charge is 0.403 e. The summed E-state index contributed by atoms with van der Waals surface area (Å²) in [6, 6.07) is 3.80. The minimum atomic E-state index is -0.462. The van der Waals surface area contributed by atoms with Crippen LogP contribution in [0.2, 0.25) is 5.02 Å². The molecule has 0 aromatic heterocycles. The number of benzene rings is 1. The van der Waals surface area contributed by atoms with Gasteiger partial charge in [0.05, 0.1) is 10.7 Å². The van der Waals surface area contributed by atoms with Crippen molar-refractivity contribution in [2.45, 2.75) is 0 Å². The van der Waals surface area contributed by atoms with Crippen LogP contribution in [0.4, 0.5) is 4.39 Å². The average Bonchev–Trinajstić information content (AvgIpc) is 2.21. The quantitative estimate of drug-likeness (QED) is 0.564. The molecule has 0 saturated heterocycles. The van der Waals surface area contributed by atoms with Crippen molar-refractivity contribution in [3.8, 4) is 0 Å². The van der Waals surface area contributed by atoms with Gasteiger partial charge in [-0.3, -0.25) is 0 Å². The van der Waals surface area contributed by atoms with Gasteiger partial charge in [0.2, 0.25) is 0 Å². The van der Waals surface area contributed by atoms with Crippen LogP contribution in [0.1, 0.15) is 5.56 Å². The molecule has 0 bridgehead atoms. The molecule has 1 aromatic rings. The zero-order chi connectivity index (χ0) is 12.3. The second kappa shape index (κ2) is 5.09. The fourth-order valence-corrected chi connectivity index (χ4v) is 1.67. The molecule has 6 heteroatoms. The van der Waals surface area contributed by atoms with Crippen molar-refractivity contribution < 1.29 is 4.39 Å². The SMILES string of the molecule is N/C=C(N)\C(=C(/N)Cl)c1ccc(F)cc1Cl. The number of allylic oxidation sites excluding steroid dienone is 1. The summed E-state index contributed by atoms with van der Waals surface area (Å²) < 4.78 is 12.9. The first-order chi connectivity index (χ1) is 7.47. The highest BCUT2D eigenvalue weighted by atomic mass is 35.5. The van der Waals surface area contributed by atoms with Gasteiger partial charge in [0.25, 0.3) is 0 Å². The molecule has 0 aliphatic carbocycles. The maximum absolute atomic E-state index is 12.9. The van der Waals surface area contributed by atoms with E-state index in [1.54, 1.807) is 0 Å². The lowest BCUT2D eigenvalue weighted by molar-refractivity contribution is 0.628. The lowest BCUT2D eigenvalue weighted by atomic mass is 10.0. The fraction of sp³-hybridized carbons (Fsp3) is 0. The number of nitrogens with two attached hydrogens (primary N) is 3. The van der Waals surface area contributed by atoms with E-state index in [1.807, 2.05) is 0 Å². The summed E-state index contributed by atoms with van der Waals surface area (Å²) in [6.45, 7) is 0. The standard InChI is InChI=1S/C10H10Cl2FN3/c11-7-3-5(13)1-2-6(7)9(10(12)16)8(15)4-14/h1-4H,14-16H2/b8-4+,10-9-. The predicted octanol–water partition coefficient (Wildman–Crippen LogP) is 2.10. The fourth-order valence-electron chi connectivity index (χ4n) is 1.20. The van der Waals surface area contributed by atoms with Crippen LogP contribution in [0.25, 0.3) is 5.57 Å². The molecule has 3 nitrogen and oxygen atoms in total. The van der Waals surface area contributed by atoms with E-state index in [1.165, 1.54) is 12.1 Å². The molecule has 0 aliphatic heterocycles. The van der Waals surface area contributed by atoms with Crippen LogP contribution in [0.3, 0.4) is 0 Å². The molecule has 0 spiro atoms. The second-order valence-corrected chi connectivity index (χ2v) is 3.78. The molecule has 86 valence electrons. The molecule has 1 rings (SSSR count). The third-order valence-corrected chi connectivity index (χ3v) is 2.41. The molecule has 0 radical (unpaired) electrons. The van der Waals surface area contributed by atoms with Crippen molar-refractivity contribution in [2.75, 3.05) is 0 Å². The van der Waals surface area contributed by atoms with Gasteiger partial charge < -0.3 is 17.2 Å². The highest BCUT2D eigenvalue weighted by molar-refractivity contribution is 6.35. The Labute approximate surface area is 102 Å². The highest BCUT2D eigenvalue weighted by Gasteiger charge is 2.13. The summed E-state index contributed by atoms with van der Waals surface area (Å²) in [7, 11) is 0. The van der Waals surface area contributed by atoms with Crippen LogP contribution in [-0.2, 0) is 0 Å². The van der Waals surface area contributed by atoms with E-state index < -0.39 is 5.82 Å². The first kappa shape index (κ1) is 12.7. The van der Waals surface area contributed by atoms with Gasteiger partial charge >= 0.3 is 0 Å². The highest BCUT2D eigenvalue weighted by Crippen LogP contribution is 2.30. The van der Waals surface area contributed by atoms with Gasteiger partial charge in [0, 0.05) is 17.3 Å². The lowest BCUT2D eigenvalue weighted by Crippen LogP contribution is -2.08. The number of rotatable bonds is 2. The van der Waals surface area contributed by atoms with Gasteiger partial charge in [-0.15, -0.1) is 0 Å². The summed E-state index contributed by atoms with van der Waals surface area (Å²) in [5.41, 5.74) is 17.2. The van der Waals surface area contributed by atoms with Crippen molar-refractivity contribution in [1.82, 2.24) is 0 Å². The second-order valence-electron chi connectivity index (χ2n) is 2.97. The molecule has 0 amide bonds. The lowest BCUT2D eigenvalue weighted by Gasteiger charge is -2.10. The Morgan fingerprint density at radius 2 is 1.94 bits per heavy atom. The summed E-state index contributed by atoms with van der Waals surface area (Å²) in [4.78, 5) is 0. The van der Waals surface area contributed by atoms with Crippen molar-refractivity contribution in [1.29, 1.82) is 0 Å². The van der Waals surface area contributed by atoms with E-state index >= 15 is 0 Å². The van der Waals surface area contributed by atoms with Crippen molar-refractivity contribution >= 4 is 28.8 Å². The zero-order valence-electron chi connectivity index (χ0n) is 8.18.